The molecule has 0 unspecified atom stereocenters. The highest BCUT2D eigenvalue weighted by Crippen LogP contribution is 2.47. The third-order valence-corrected chi connectivity index (χ3v) is 13.7. The van der Waals surface area contributed by atoms with Crippen LogP contribution in [0, 0.1) is 20.8 Å². The molecular formula is C64H42F9N3. The lowest BCUT2D eigenvalue weighted by Gasteiger charge is -2.22. The molecule has 2 heterocycles. The molecule has 0 saturated carbocycles. The van der Waals surface area contributed by atoms with Gasteiger partial charge in [-0.15, -0.1) is 0 Å². The molecular weight excluding hydrogens is 982 g/mol. The van der Waals surface area contributed by atoms with Gasteiger partial charge in [0.05, 0.1) is 44.8 Å². The highest BCUT2D eigenvalue weighted by molar-refractivity contribution is 6.13. The van der Waals surface area contributed by atoms with Crippen LogP contribution in [0.1, 0.15) is 33.4 Å². The summed E-state index contributed by atoms with van der Waals surface area (Å²) >= 11 is 0. The Bertz CT molecular complexity index is 3980. The van der Waals surface area contributed by atoms with Gasteiger partial charge in [-0.2, -0.15) is 39.5 Å². The van der Waals surface area contributed by atoms with E-state index in [1.54, 1.807) is 68.4 Å². The summed E-state index contributed by atoms with van der Waals surface area (Å²) < 4.78 is 133. The lowest BCUT2D eigenvalue weighted by atomic mass is 9.91. The van der Waals surface area contributed by atoms with Crippen molar-refractivity contribution < 1.29 is 39.5 Å². The van der Waals surface area contributed by atoms with Gasteiger partial charge in [0, 0.05) is 38.6 Å². The summed E-state index contributed by atoms with van der Waals surface area (Å²) in [6.07, 6.45) is -14.0. The summed E-state index contributed by atoms with van der Waals surface area (Å²) in [5.74, 6) is 0.288. The Kier molecular flexibility index (Phi) is 12.3. The molecule has 376 valence electrons. The number of nitrogens with zero attached hydrogens (tertiary/aromatic N) is 3. The average molecular weight is 1020 g/mol. The molecule has 0 aliphatic heterocycles. The summed E-state index contributed by atoms with van der Waals surface area (Å²) in [4.78, 5) is 10.3. The van der Waals surface area contributed by atoms with E-state index < -0.39 is 35.2 Å². The maximum Gasteiger partial charge on any atom is 0.417 e. The van der Waals surface area contributed by atoms with Gasteiger partial charge in [-0.05, 0) is 133 Å². The molecule has 0 saturated heterocycles. The number of hydrogen-bond donors (Lipinski definition) is 0. The lowest BCUT2D eigenvalue weighted by molar-refractivity contribution is -0.138. The van der Waals surface area contributed by atoms with Gasteiger partial charge in [0.2, 0.25) is 0 Å². The first kappa shape index (κ1) is 49.4. The fourth-order valence-electron chi connectivity index (χ4n) is 10.1. The zero-order valence-electron chi connectivity index (χ0n) is 40.8. The highest BCUT2D eigenvalue weighted by atomic mass is 19.4. The predicted octanol–water partition coefficient (Wildman–Crippen LogP) is 19.2. The van der Waals surface area contributed by atoms with Crippen molar-refractivity contribution in [1.29, 1.82) is 0 Å². The molecule has 0 atom stereocenters. The van der Waals surface area contributed by atoms with Gasteiger partial charge in [0.15, 0.2) is 5.82 Å². The molecule has 0 fully saturated rings. The third kappa shape index (κ3) is 9.40. The molecule has 0 N–H and O–H groups in total. The van der Waals surface area contributed by atoms with Gasteiger partial charge < -0.3 is 4.57 Å². The molecule has 0 aliphatic rings. The SMILES string of the molecule is Cc1cccc(-c2cc(-c3nc(-c4ccccc4)cc(-c4ccccc4)n3)cc(-c3cccc(C(F)(F)F)c3)c2-n2c3ccc(-c4ccc(C(F)(F)F)cc4C)cc3c3cc(-c4ccc(C)cc4C(F)(F)F)ccc32)c1. The van der Waals surface area contributed by atoms with Gasteiger partial charge >= 0.3 is 18.5 Å². The molecule has 11 rings (SSSR count). The van der Waals surface area contributed by atoms with Crippen LogP contribution >= 0.6 is 0 Å². The van der Waals surface area contributed by atoms with E-state index >= 15 is 0 Å². The Hall–Kier alpha value is -8.77. The summed E-state index contributed by atoms with van der Waals surface area (Å²) in [6, 6.07) is 55.2. The van der Waals surface area contributed by atoms with E-state index in [2.05, 4.69) is 0 Å². The van der Waals surface area contributed by atoms with E-state index in [0.29, 0.717) is 83.4 Å². The van der Waals surface area contributed by atoms with Gasteiger partial charge in [0.1, 0.15) is 0 Å². The van der Waals surface area contributed by atoms with Gasteiger partial charge in [0.25, 0.3) is 0 Å². The largest absolute Gasteiger partial charge is 0.417 e. The standard InChI is InChI=1S/C64H42F9N3/c1-37-12-10-17-42(28-37)51-34-46(61-74-56(40-13-6-4-7-14-40)36-57(75-61)41-15-8-5-9-16-41)35-52(43-18-11-19-47(31-43)62(65,66)67)60(51)76-58-26-21-44(49-25-23-48(30-39(49)3)63(68,69)70)32-53(58)54-33-45(22-27-59(54)76)50-24-20-38(2)29-55(50)64(71,72)73/h4-36H,1-3H3. The number of fused-ring (bicyclic) bond motifs is 3. The van der Waals surface area contributed by atoms with E-state index in [1.807, 2.05) is 109 Å². The van der Waals surface area contributed by atoms with E-state index in [1.165, 1.54) is 18.2 Å². The topological polar surface area (TPSA) is 30.7 Å². The summed E-state index contributed by atoms with van der Waals surface area (Å²) in [6.45, 7) is 5.08. The molecule has 76 heavy (non-hydrogen) atoms. The first-order valence-electron chi connectivity index (χ1n) is 24.2. The van der Waals surface area contributed by atoms with Crippen LogP contribution in [-0.2, 0) is 18.5 Å². The molecule has 0 spiro atoms. The summed E-state index contributed by atoms with van der Waals surface area (Å²) in [7, 11) is 0. The number of aryl methyl sites for hydroxylation is 3. The van der Waals surface area contributed by atoms with Crippen LogP contribution in [0.4, 0.5) is 39.5 Å². The zero-order chi connectivity index (χ0) is 53.3. The maximum absolute atomic E-state index is 14.9. The van der Waals surface area contributed by atoms with Crippen LogP contribution in [0.5, 0.6) is 0 Å². The normalized spacial score (nSPS) is 12.2. The number of hydrogen-bond acceptors (Lipinski definition) is 2. The second kappa shape index (κ2) is 18.9. The third-order valence-electron chi connectivity index (χ3n) is 13.7. The Balaban J connectivity index is 1.27. The predicted molar refractivity (Wildman–Crippen MR) is 284 cm³/mol. The van der Waals surface area contributed by atoms with Crippen LogP contribution in [0.3, 0.4) is 0 Å². The van der Waals surface area contributed by atoms with Crippen LogP contribution < -0.4 is 0 Å². The summed E-state index contributed by atoms with van der Waals surface area (Å²) in [5.41, 5.74) is 6.80. The molecule has 0 amide bonds. The minimum absolute atomic E-state index is 0.0716. The van der Waals surface area contributed by atoms with Crippen LogP contribution in [0.15, 0.2) is 200 Å². The summed E-state index contributed by atoms with van der Waals surface area (Å²) in [5, 5.41) is 1.00. The maximum atomic E-state index is 14.9. The Morgan fingerprint density at radius 2 is 0.829 bits per heavy atom. The minimum Gasteiger partial charge on any atom is -0.308 e. The van der Waals surface area contributed by atoms with Crippen molar-refractivity contribution in [2.24, 2.45) is 0 Å². The van der Waals surface area contributed by atoms with Gasteiger partial charge in [-0.25, -0.2) is 9.97 Å². The molecule has 12 heteroatoms. The van der Waals surface area contributed by atoms with Crippen LogP contribution in [0.2, 0.25) is 0 Å². The zero-order valence-corrected chi connectivity index (χ0v) is 40.8. The average Bonchev–Trinajstić information content (AvgIpc) is 3.82. The first-order valence-corrected chi connectivity index (χ1v) is 24.2. The molecule has 9 aromatic carbocycles. The van der Waals surface area contributed by atoms with Crippen molar-refractivity contribution in [2.75, 3.05) is 0 Å². The van der Waals surface area contributed by atoms with E-state index in [9.17, 15) is 39.5 Å². The number of aromatic nitrogens is 3. The number of rotatable bonds is 8. The molecule has 0 aliphatic carbocycles. The number of halogens is 9. The number of benzene rings is 9. The van der Waals surface area contributed by atoms with Gasteiger partial charge in [-0.3, -0.25) is 0 Å². The molecule has 0 bridgehead atoms. The van der Waals surface area contributed by atoms with Crippen molar-refractivity contribution in [1.82, 2.24) is 14.5 Å². The molecule has 2 aromatic heterocycles. The second-order valence-electron chi connectivity index (χ2n) is 18.9. The Morgan fingerprint density at radius 3 is 1.37 bits per heavy atom. The quantitative estimate of drug-likeness (QED) is 0.142. The van der Waals surface area contributed by atoms with Crippen molar-refractivity contribution in [2.45, 2.75) is 39.3 Å². The van der Waals surface area contributed by atoms with Crippen molar-refractivity contribution in [3.63, 3.8) is 0 Å². The minimum atomic E-state index is -4.73. The van der Waals surface area contributed by atoms with E-state index in [0.717, 1.165) is 47.0 Å². The lowest BCUT2D eigenvalue weighted by Crippen LogP contribution is -2.07. The molecule has 3 nitrogen and oxygen atoms in total. The second-order valence-corrected chi connectivity index (χ2v) is 18.9. The smallest absolute Gasteiger partial charge is 0.308 e. The Morgan fingerprint density at radius 1 is 0.342 bits per heavy atom. The van der Waals surface area contributed by atoms with Crippen molar-refractivity contribution in [3.8, 4) is 84.1 Å². The van der Waals surface area contributed by atoms with Gasteiger partial charge in [-0.1, -0.05) is 139 Å². The highest BCUT2D eigenvalue weighted by Gasteiger charge is 2.35. The van der Waals surface area contributed by atoms with Crippen molar-refractivity contribution >= 4 is 21.8 Å². The first-order chi connectivity index (χ1) is 36.3. The number of alkyl halides is 9. The fraction of sp³-hybridized carbons (Fsp3) is 0.0938. The van der Waals surface area contributed by atoms with E-state index in [4.69, 9.17) is 9.97 Å². The monoisotopic (exact) mass is 1020 g/mol. The van der Waals surface area contributed by atoms with Crippen molar-refractivity contribution in [3.05, 3.63) is 234 Å². The molecule has 11 aromatic rings. The molecule has 0 radical (unpaired) electrons. The van der Waals surface area contributed by atoms with Crippen LogP contribution in [0.25, 0.3) is 106 Å². The van der Waals surface area contributed by atoms with E-state index in [-0.39, 0.29) is 22.5 Å². The Labute approximate surface area is 431 Å². The van der Waals surface area contributed by atoms with Crippen LogP contribution in [-0.4, -0.2) is 14.5 Å². The fourth-order valence-corrected chi connectivity index (χ4v) is 10.1.